The Morgan fingerprint density at radius 3 is 2.53 bits per heavy atom. The summed E-state index contributed by atoms with van der Waals surface area (Å²) in [6.45, 7) is 16.2. The van der Waals surface area contributed by atoms with Crippen LogP contribution in [0.3, 0.4) is 0 Å². The minimum Gasteiger partial charge on any atom is -0.346 e. The Hall–Kier alpha value is -2.80. The Morgan fingerprint density at radius 2 is 1.84 bits per heavy atom. The number of hydrogen-bond donors (Lipinski definition) is 0. The van der Waals surface area contributed by atoms with E-state index in [0.29, 0.717) is 5.92 Å². The Labute approximate surface area is 194 Å². The molecule has 1 nitrogen and oxygen atoms in total. The number of benzene rings is 2. The standard InChI is InChI=1S/C31H37N/c1-6-8-14-27-20-32-21-30(22(3)4)23(5)17-31(32)29-18-25(7-2)26(19-28(27)29)16-15-24-12-10-9-11-13-24/h9-13,17-19,21,27H,3,5-8,14-16,20H2,1-2,4H3. The molecule has 0 fully saturated rings. The normalized spacial score (nSPS) is 17.4. The van der Waals surface area contributed by atoms with Gasteiger partial charge in [0.15, 0.2) is 0 Å². The Morgan fingerprint density at radius 1 is 1.06 bits per heavy atom. The zero-order valence-corrected chi connectivity index (χ0v) is 20.1. The summed E-state index contributed by atoms with van der Waals surface area (Å²) in [5.74, 6) is 0.567. The van der Waals surface area contributed by atoms with E-state index in [1.807, 2.05) is 0 Å². The molecule has 0 saturated carbocycles. The second-order valence-corrected chi connectivity index (χ2v) is 9.42. The van der Waals surface area contributed by atoms with Crippen molar-refractivity contribution in [3.63, 3.8) is 0 Å². The zero-order chi connectivity index (χ0) is 22.7. The minimum absolute atomic E-state index is 0.567. The van der Waals surface area contributed by atoms with E-state index in [2.05, 4.69) is 93.6 Å². The molecule has 0 amide bonds. The van der Waals surface area contributed by atoms with Crippen LogP contribution in [0.5, 0.6) is 0 Å². The van der Waals surface area contributed by atoms with Gasteiger partial charge in [-0.25, -0.2) is 0 Å². The molecule has 1 heteroatoms. The first-order valence-electron chi connectivity index (χ1n) is 12.3. The Balaban J connectivity index is 1.74. The number of fused-ring (bicyclic) bond motifs is 3. The molecule has 2 heterocycles. The summed E-state index contributed by atoms with van der Waals surface area (Å²) in [6, 6.07) is 15.9. The molecule has 2 aromatic carbocycles. The highest BCUT2D eigenvalue weighted by Gasteiger charge is 2.31. The van der Waals surface area contributed by atoms with Crippen LogP contribution in [0.4, 0.5) is 0 Å². The number of allylic oxidation sites excluding steroid dienone is 4. The topological polar surface area (TPSA) is 3.24 Å². The van der Waals surface area contributed by atoms with E-state index < -0.39 is 0 Å². The third kappa shape index (κ3) is 4.53. The summed E-state index contributed by atoms with van der Waals surface area (Å²) >= 11 is 0. The van der Waals surface area contributed by atoms with Gasteiger partial charge in [0.1, 0.15) is 0 Å². The van der Waals surface area contributed by atoms with Crippen LogP contribution in [0, 0.1) is 0 Å². The lowest BCUT2D eigenvalue weighted by Crippen LogP contribution is -2.31. The maximum atomic E-state index is 4.34. The highest BCUT2D eigenvalue weighted by molar-refractivity contribution is 5.77. The van der Waals surface area contributed by atoms with Crippen LogP contribution in [0.1, 0.15) is 73.8 Å². The smallest absolute Gasteiger partial charge is 0.0489 e. The van der Waals surface area contributed by atoms with Crippen molar-refractivity contribution in [1.29, 1.82) is 0 Å². The van der Waals surface area contributed by atoms with Crippen molar-refractivity contribution >= 4 is 5.70 Å². The van der Waals surface area contributed by atoms with Gasteiger partial charge in [-0.3, -0.25) is 0 Å². The molecule has 32 heavy (non-hydrogen) atoms. The molecular weight excluding hydrogens is 386 g/mol. The van der Waals surface area contributed by atoms with Crippen LogP contribution >= 0.6 is 0 Å². The van der Waals surface area contributed by atoms with Crippen molar-refractivity contribution in [2.45, 2.75) is 65.2 Å². The van der Waals surface area contributed by atoms with E-state index in [9.17, 15) is 0 Å². The van der Waals surface area contributed by atoms with E-state index >= 15 is 0 Å². The van der Waals surface area contributed by atoms with Crippen molar-refractivity contribution in [3.05, 3.63) is 112 Å². The zero-order valence-electron chi connectivity index (χ0n) is 20.1. The first kappa shape index (κ1) is 22.4. The molecule has 0 aliphatic carbocycles. The summed E-state index contributed by atoms with van der Waals surface area (Å²) in [4.78, 5) is 2.46. The van der Waals surface area contributed by atoms with Crippen LogP contribution in [-0.2, 0) is 19.3 Å². The van der Waals surface area contributed by atoms with Crippen LogP contribution < -0.4 is 0 Å². The monoisotopic (exact) mass is 423 g/mol. The molecule has 0 saturated heterocycles. The molecule has 1 unspecified atom stereocenters. The largest absolute Gasteiger partial charge is 0.346 e. The molecule has 0 spiro atoms. The maximum absolute atomic E-state index is 4.34. The molecule has 166 valence electrons. The molecule has 2 aromatic rings. The lowest BCUT2D eigenvalue weighted by atomic mass is 9.80. The van der Waals surface area contributed by atoms with Crippen molar-refractivity contribution in [3.8, 4) is 0 Å². The molecule has 0 aromatic heterocycles. The van der Waals surface area contributed by atoms with Crippen molar-refractivity contribution in [2.24, 2.45) is 0 Å². The average Bonchev–Trinajstić information content (AvgIpc) is 2.81. The predicted molar refractivity (Wildman–Crippen MR) is 139 cm³/mol. The first-order valence-corrected chi connectivity index (χ1v) is 12.3. The second-order valence-electron chi connectivity index (χ2n) is 9.42. The number of aryl methyl sites for hydroxylation is 3. The summed E-state index contributed by atoms with van der Waals surface area (Å²) in [5, 5.41) is 0. The lowest BCUT2D eigenvalue weighted by molar-refractivity contribution is 0.419. The molecular formula is C31H37N. The Kier molecular flexibility index (Phi) is 6.84. The van der Waals surface area contributed by atoms with Gasteiger partial charge >= 0.3 is 0 Å². The predicted octanol–water partition coefficient (Wildman–Crippen LogP) is 7.99. The van der Waals surface area contributed by atoms with Crippen molar-refractivity contribution < 1.29 is 0 Å². The van der Waals surface area contributed by atoms with E-state index in [1.165, 1.54) is 52.8 Å². The fourth-order valence-corrected chi connectivity index (χ4v) is 5.19. The molecule has 0 radical (unpaired) electrons. The first-order chi connectivity index (χ1) is 15.5. The molecule has 2 aliphatic heterocycles. The summed E-state index contributed by atoms with van der Waals surface area (Å²) in [5.41, 5.74) is 12.0. The number of hydrogen-bond acceptors (Lipinski definition) is 1. The minimum atomic E-state index is 0.567. The summed E-state index contributed by atoms with van der Waals surface area (Å²) < 4.78 is 0. The molecule has 0 N–H and O–H groups in total. The third-order valence-corrected chi connectivity index (χ3v) is 7.03. The lowest BCUT2D eigenvalue weighted by Gasteiger charge is -2.40. The molecule has 1 atom stereocenters. The van der Waals surface area contributed by atoms with Gasteiger partial charge in [-0.15, -0.1) is 0 Å². The van der Waals surface area contributed by atoms with Crippen molar-refractivity contribution in [1.82, 2.24) is 4.90 Å². The Bertz CT molecular complexity index is 1070. The van der Waals surface area contributed by atoms with Gasteiger partial charge in [0.05, 0.1) is 0 Å². The molecule has 4 rings (SSSR count). The van der Waals surface area contributed by atoms with Gasteiger partial charge in [-0.2, -0.15) is 0 Å². The van der Waals surface area contributed by atoms with Gasteiger partial charge in [-0.1, -0.05) is 76.2 Å². The highest BCUT2D eigenvalue weighted by atomic mass is 15.1. The maximum Gasteiger partial charge on any atom is 0.0489 e. The van der Waals surface area contributed by atoms with Crippen LogP contribution in [0.25, 0.3) is 5.70 Å². The van der Waals surface area contributed by atoms with Crippen molar-refractivity contribution in [2.75, 3.05) is 6.54 Å². The number of rotatable bonds is 8. The molecule has 2 aliphatic rings. The van der Waals surface area contributed by atoms with Gasteiger partial charge in [0.2, 0.25) is 0 Å². The number of nitrogens with zero attached hydrogens (tertiary/aromatic N) is 1. The average molecular weight is 424 g/mol. The second kappa shape index (κ2) is 9.77. The quantitative estimate of drug-likeness (QED) is 0.416. The van der Waals surface area contributed by atoms with Crippen LogP contribution in [0.2, 0.25) is 0 Å². The summed E-state index contributed by atoms with van der Waals surface area (Å²) in [6.07, 6.45) is 11.6. The van der Waals surface area contributed by atoms with Crippen LogP contribution in [0.15, 0.2) is 84.6 Å². The van der Waals surface area contributed by atoms with Gasteiger partial charge < -0.3 is 4.90 Å². The van der Waals surface area contributed by atoms with Gasteiger partial charge in [0.25, 0.3) is 0 Å². The number of unbranched alkanes of at least 4 members (excludes halogenated alkanes) is 1. The van der Waals surface area contributed by atoms with Gasteiger partial charge in [0, 0.05) is 29.9 Å². The van der Waals surface area contributed by atoms with E-state index in [0.717, 1.165) is 37.0 Å². The van der Waals surface area contributed by atoms with E-state index in [1.54, 1.807) is 5.56 Å². The summed E-state index contributed by atoms with van der Waals surface area (Å²) in [7, 11) is 0. The SMILES string of the molecule is C=C(C)C1=CN2CC(CCCC)c3cc(CCc4ccccc4)c(CC)cc3C2=CC1=C. The van der Waals surface area contributed by atoms with Gasteiger partial charge in [-0.05, 0) is 83.7 Å². The molecule has 0 bridgehead atoms. The fourth-order valence-electron chi connectivity index (χ4n) is 5.19. The van der Waals surface area contributed by atoms with E-state index in [-0.39, 0.29) is 0 Å². The van der Waals surface area contributed by atoms with Crippen LogP contribution in [-0.4, -0.2) is 11.4 Å². The highest BCUT2D eigenvalue weighted by Crippen LogP contribution is 2.43. The van der Waals surface area contributed by atoms with E-state index in [4.69, 9.17) is 0 Å². The third-order valence-electron chi connectivity index (χ3n) is 7.03. The fraction of sp³-hybridized carbons (Fsp3) is 0.355.